The van der Waals surface area contributed by atoms with Crippen LogP contribution >= 0.6 is 11.6 Å². The molecule has 0 radical (unpaired) electrons. The van der Waals surface area contributed by atoms with E-state index in [4.69, 9.17) is 16.3 Å². The monoisotopic (exact) mass is 268 g/mol. The summed E-state index contributed by atoms with van der Waals surface area (Å²) in [5.74, 6) is -0.792. The van der Waals surface area contributed by atoms with Crippen molar-refractivity contribution in [3.8, 4) is 0 Å². The Morgan fingerprint density at radius 1 is 1.28 bits per heavy atom. The fraction of sp³-hybridized carbons (Fsp3) is 0.333. The van der Waals surface area contributed by atoms with Crippen LogP contribution in [0, 0.1) is 0 Å². The van der Waals surface area contributed by atoms with Gasteiger partial charge in [0, 0.05) is 6.61 Å². The summed E-state index contributed by atoms with van der Waals surface area (Å²) < 4.78 is 5.19. The van der Waals surface area contributed by atoms with Gasteiger partial charge in [0.2, 0.25) is 0 Å². The molecule has 0 aliphatic carbocycles. The van der Waals surface area contributed by atoms with E-state index in [2.05, 4.69) is 10.9 Å². The van der Waals surface area contributed by atoms with Crippen molar-refractivity contribution in [1.82, 2.24) is 10.9 Å². The number of hydrogen-bond acceptors (Lipinski definition) is 3. The highest BCUT2D eigenvalue weighted by atomic mass is 35.5. The van der Waals surface area contributed by atoms with Gasteiger partial charge in [-0.05, 0) is 25.0 Å². The van der Waals surface area contributed by atoms with Crippen LogP contribution in [0.15, 0.2) is 24.3 Å². The Bertz CT molecular complexity index is 458. The molecule has 1 aromatic carbocycles. The van der Waals surface area contributed by atoms with Gasteiger partial charge in [0.25, 0.3) is 11.8 Å². The first-order valence-electron chi connectivity index (χ1n) is 5.65. The minimum absolute atomic E-state index is 0.312. The van der Waals surface area contributed by atoms with Gasteiger partial charge < -0.3 is 4.74 Å². The smallest absolute Gasteiger partial charge is 0.271 e. The van der Waals surface area contributed by atoms with E-state index < -0.39 is 12.0 Å². The van der Waals surface area contributed by atoms with E-state index in [1.54, 1.807) is 24.3 Å². The summed E-state index contributed by atoms with van der Waals surface area (Å²) in [6.07, 6.45) is 1.06. The van der Waals surface area contributed by atoms with E-state index >= 15 is 0 Å². The average molecular weight is 269 g/mol. The van der Waals surface area contributed by atoms with Gasteiger partial charge in [-0.2, -0.15) is 0 Å². The maximum atomic E-state index is 11.7. The van der Waals surface area contributed by atoms with Crippen LogP contribution in [0.1, 0.15) is 23.2 Å². The van der Waals surface area contributed by atoms with Crippen molar-refractivity contribution in [2.45, 2.75) is 18.9 Å². The zero-order valence-electron chi connectivity index (χ0n) is 9.61. The number of benzene rings is 1. The number of halogens is 1. The van der Waals surface area contributed by atoms with E-state index in [1.165, 1.54) is 0 Å². The number of hydrogen-bond donors (Lipinski definition) is 2. The van der Waals surface area contributed by atoms with Gasteiger partial charge >= 0.3 is 0 Å². The fourth-order valence-electron chi connectivity index (χ4n) is 1.70. The summed E-state index contributed by atoms with van der Waals surface area (Å²) in [7, 11) is 0. The number of carbonyl (C=O) groups is 2. The van der Waals surface area contributed by atoms with Crippen LogP contribution in [-0.2, 0) is 9.53 Å². The van der Waals surface area contributed by atoms with Crippen LogP contribution in [0.25, 0.3) is 0 Å². The molecule has 1 aliphatic heterocycles. The van der Waals surface area contributed by atoms with Crippen LogP contribution in [0.5, 0.6) is 0 Å². The lowest BCUT2D eigenvalue weighted by Crippen LogP contribution is -2.46. The highest BCUT2D eigenvalue weighted by Crippen LogP contribution is 2.14. The minimum Gasteiger partial charge on any atom is -0.368 e. The Balaban J connectivity index is 1.88. The normalized spacial score (nSPS) is 18.4. The molecule has 2 N–H and O–H groups in total. The summed E-state index contributed by atoms with van der Waals surface area (Å²) in [5, 5.41) is 0.335. The van der Waals surface area contributed by atoms with E-state index in [0.29, 0.717) is 23.6 Å². The molecule has 1 fully saturated rings. The molecule has 1 aromatic rings. The van der Waals surface area contributed by atoms with Gasteiger partial charge in [0.15, 0.2) is 0 Å². The van der Waals surface area contributed by atoms with Crippen molar-refractivity contribution >= 4 is 23.4 Å². The van der Waals surface area contributed by atoms with E-state index in [-0.39, 0.29) is 5.91 Å². The second-order valence-electron chi connectivity index (χ2n) is 3.92. The van der Waals surface area contributed by atoms with Gasteiger partial charge in [-0.1, -0.05) is 23.7 Å². The lowest BCUT2D eigenvalue weighted by atomic mass is 10.2. The largest absolute Gasteiger partial charge is 0.368 e. The number of amides is 2. The molecular formula is C12H13ClN2O3. The second kappa shape index (κ2) is 5.84. The average Bonchev–Trinajstić information content (AvgIpc) is 2.90. The Morgan fingerprint density at radius 2 is 2.06 bits per heavy atom. The molecule has 18 heavy (non-hydrogen) atoms. The molecule has 2 amide bonds. The Morgan fingerprint density at radius 3 is 2.72 bits per heavy atom. The van der Waals surface area contributed by atoms with Gasteiger partial charge in [0.05, 0.1) is 10.6 Å². The highest BCUT2D eigenvalue weighted by molar-refractivity contribution is 6.33. The summed E-state index contributed by atoms with van der Waals surface area (Å²) >= 11 is 5.86. The molecule has 1 aliphatic rings. The van der Waals surface area contributed by atoms with Gasteiger partial charge in [0.1, 0.15) is 6.10 Å². The summed E-state index contributed by atoms with van der Waals surface area (Å²) in [6.45, 7) is 0.580. The zero-order valence-corrected chi connectivity index (χ0v) is 10.4. The second-order valence-corrected chi connectivity index (χ2v) is 4.33. The zero-order chi connectivity index (χ0) is 13.0. The maximum Gasteiger partial charge on any atom is 0.271 e. The molecule has 1 saturated heterocycles. The van der Waals surface area contributed by atoms with Crippen LogP contribution in [0.3, 0.4) is 0 Å². The molecule has 0 aromatic heterocycles. The first-order valence-corrected chi connectivity index (χ1v) is 6.02. The summed E-state index contributed by atoms with van der Waals surface area (Å²) in [5.41, 5.74) is 4.95. The maximum absolute atomic E-state index is 11.7. The molecule has 1 atom stereocenters. The molecule has 0 spiro atoms. The third-order valence-corrected chi connectivity index (χ3v) is 2.97. The van der Waals surface area contributed by atoms with E-state index in [1.807, 2.05) is 0 Å². The Labute approximate surface area is 109 Å². The third kappa shape index (κ3) is 3.00. The van der Waals surface area contributed by atoms with Crippen molar-refractivity contribution in [1.29, 1.82) is 0 Å². The number of hydrazine groups is 1. The first kappa shape index (κ1) is 12.9. The minimum atomic E-state index is -0.475. The van der Waals surface area contributed by atoms with Crippen molar-refractivity contribution in [2.24, 2.45) is 0 Å². The predicted molar refractivity (Wildman–Crippen MR) is 66.0 cm³/mol. The molecule has 5 nitrogen and oxygen atoms in total. The Hall–Kier alpha value is -1.59. The van der Waals surface area contributed by atoms with Gasteiger partial charge in [-0.15, -0.1) is 0 Å². The lowest BCUT2D eigenvalue weighted by molar-refractivity contribution is -0.130. The van der Waals surface area contributed by atoms with Gasteiger partial charge in [-0.3, -0.25) is 20.4 Å². The van der Waals surface area contributed by atoms with Crippen LogP contribution in [-0.4, -0.2) is 24.5 Å². The molecule has 2 rings (SSSR count). The number of nitrogens with one attached hydrogen (secondary N) is 2. The van der Waals surface area contributed by atoms with Crippen LogP contribution in [0.4, 0.5) is 0 Å². The molecule has 1 heterocycles. The van der Waals surface area contributed by atoms with Crippen LogP contribution < -0.4 is 10.9 Å². The van der Waals surface area contributed by atoms with Crippen molar-refractivity contribution in [3.05, 3.63) is 34.9 Å². The van der Waals surface area contributed by atoms with Crippen molar-refractivity contribution in [3.63, 3.8) is 0 Å². The van der Waals surface area contributed by atoms with E-state index in [0.717, 1.165) is 6.42 Å². The van der Waals surface area contributed by atoms with Crippen LogP contribution in [0.2, 0.25) is 5.02 Å². The lowest BCUT2D eigenvalue weighted by Gasteiger charge is -2.11. The Kier molecular flexibility index (Phi) is 4.17. The molecule has 6 heteroatoms. The first-order chi connectivity index (χ1) is 8.68. The molecule has 0 unspecified atom stereocenters. The molecule has 0 saturated carbocycles. The topological polar surface area (TPSA) is 67.4 Å². The highest BCUT2D eigenvalue weighted by Gasteiger charge is 2.23. The van der Waals surface area contributed by atoms with Crippen molar-refractivity contribution in [2.75, 3.05) is 6.61 Å². The molecular weight excluding hydrogens is 256 g/mol. The number of ether oxygens (including phenoxy) is 1. The van der Waals surface area contributed by atoms with E-state index in [9.17, 15) is 9.59 Å². The summed E-state index contributed by atoms with van der Waals surface area (Å²) in [4.78, 5) is 23.3. The molecule has 96 valence electrons. The van der Waals surface area contributed by atoms with Crippen molar-refractivity contribution < 1.29 is 14.3 Å². The standard InChI is InChI=1S/C12H13ClN2O3/c13-9-5-2-1-4-8(9)11(16)14-15-12(17)10-6-3-7-18-10/h1-2,4-5,10H,3,6-7H2,(H,14,16)(H,15,17)/t10-/m1/s1. The SMILES string of the molecule is O=C(NNC(=O)[C@H]1CCCO1)c1ccccc1Cl. The fourth-order valence-corrected chi connectivity index (χ4v) is 1.92. The number of carbonyl (C=O) groups excluding carboxylic acids is 2. The quantitative estimate of drug-likeness (QED) is 0.794. The predicted octanol–water partition coefficient (Wildman–Crippen LogP) is 1.28. The molecule has 0 bridgehead atoms. The number of rotatable bonds is 2. The summed E-state index contributed by atoms with van der Waals surface area (Å²) in [6, 6.07) is 6.61. The third-order valence-electron chi connectivity index (χ3n) is 2.64. The van der Waals surface area contributed by atoms with Gasteiger partial charge in [-0.25, -0.2) is 0 Å².